The van der Waals surface area contributed by atoms with Crippen LogP contribution in [0.3, 0.4) is 0 Å². The summed E-state index contributed by atoms with van der Waals surface area (Å²) in [5, 5.41) is 6.75. The third-order valence-electron chi connectivity index (χ3n) is 6.46. The van der Waals surface area contributed by atoms with E-state index in [4.69, 9.17) is 5.73 Å². The first-order valence-corrected chi connectivity index (χ1v) is 15.7. The summed E-state index contributed by atoms with van der Waals surface area (Å²) in [5.41, 5.74) is 6.75. The third kappa shape index (κ3) is 7.90. The maximum Gasteiger partial charge on any atom is 0.262 e. The van der Waals surface area contributed by atoms with E-state index in [-0.39, 0.29) is 47.9 Å². The minimum atomic E-state index is -3.92. The minimum absolute atomic E-state index is 0.0286. The number of pyridine rings is 1. The van der Waals surface area contributed by atoms with E-state index in [1.54, 1.807) is 42.6 Å². The zero-order valence-corrected chi connectivity index (χ0v) is 24.8. The van der Waals surface area contributed by atoms with Gasteiger partial charge in [-0.25, -0.2) is 8.42 Å². The molecule has 0 aliphatic carbocycles. The number of amides is 2. The van der Waals surface area contributed by atoms with Crippen LogP contribution in [0.15, 0.2) is 83.9 Å². The van der Waals surface area contributed by atoms with E-state index in [0.717, 1.165) is 10.1 Å². The second-order valence-electron chi connectivity index (χ2n) is 10.1. The summed E-state index contributed by atoms with van der Waals surface area (Å²) < 4.78 is 29.4. The number of nitrogens with one attached hydrogen (secondary N) is 2. The van der Waals surface area contributed by atoms with Crippen molar-refractivity contribution in [2.75, 3.05) is 18.8 Å². The fourth-order valence-corrected chi connectivity index (χ4v) is 6.96. The van der Waals surface area contributed by atoms with Crippen molar-refractivity contribution >= 4 is 48.9 Å². The Balaban J connectivity index is 1.40. The first-order valence-electron chi connectivity index (χ1n) is 13.5. The molecule has 41 heavy (non-hydrogen) atoms. The summed E-state index contributed by atoms with van der Waals surface area (Å²) in [6.45, 7) is 4.40. The molecule has 0 spiro atoms. The van der Waals surface area contributed by atoms with E-state index >= 15 is 0 Å². The monoisotopic (exact) mass is 593 g/mol. The molecule has 0 saturated carbocycles. The molecule has 2 heterocycles. The summed E-state index contributed by atoms with van der Waals surface area (Å²) >= 11 is 1.38. The van der Waals surface area contributed by atoms with E-state index in [1.165, 1.54) is 21.7 Å². The number of carbonyl (C=O) groups excluding carboxylic acids is 2. The Kier molecular flexibility index (Phi) is 10.1. The zero-order valence-electron chi connectivity index (χ0n) is 23.1. The number of benzene rings is 2. The van der Waals surface area contributed by atoms with Crippen molar-refractivity contribution in [3.8, 4) is 0 Å². The lowest BCUT2D eigenvalue weighted by atomic mass is 10.0. The lowest BCUT2D eigenvalue weighted by molar-refractivity contribution is -0.123. The molecule has 4 aromatic rings. The first kappa shape index (κ1) is 30.2. The van der Waals surface area contributed by atoms with Crippen molar-refractivity contribution in [2.24, 2.45) is 5.92 Å². The number of carbonyl (C=O) groups is 2. The van der Waals surface area contributed by atoms with Crippen LogP contribution in [-0.4, -0.2) is 48.7 Å². The zero-order chi connectivity index (χ0) is 29.4. The van der Waals surface area contributed by atoms with Crippen molar-refractivity contribution in [1.29, 1.82) is 0 Å². The molecule has 0 saturated heterocycles. The van der Waals surface area contributed by atoms with E-state index in [1.807, 2.05) is 44.2 Å². The Hall–Kier alpha value is -3.80. The number of thiophene rings is 1. The van der Waals surface area contributed by atoms with E-state index in [0.29, 0.717) is 23.4 Å². The van der Waals surface area contributed by atoms with Gasteiger partial charge in [-0.3, -0.25) is 14.6 Å². The second-order valence-corrected chi connectivity index (χ2v) is 13.1. The van der Waals surface area contributed by atoms with Crippen LogP contribution in [0.25, 0.3) is 10.1 Å². The number of fused-ring (bicyclic) bond motifs is 1. The molecule has 2 aromatic heterocycles. The number of aromatic nitrogens is 1. The molecule has 9 nitrogen and oxygen atoms in total. The van der Waals surface area contributed by atoms with Gasteiger partial charge in [0.15, 0.2) is 0 Å². The molecule has 2 aromatic carbocycles. The SMILES string of the molecule is CC(C)C[C@H](NC(=O)c1cc2ccccc2s1)C(=O)NCCCN(Cc1ccccn1)S(=O)(=O)c1ccccc1N. The highest BCUT2D eigenvalue weighted by atomic mass is 32.2. The van der Waals surface area contributed by atoms with E-state index in [9.17, 15) is 18.0 Å². The fraction of sp³-hybridized carbons (Fsp3) is 0.300. The van der Waals surface area contributed by atoms with Gasteiger partial charge in [0.2, 0.25) is 15.9 Å². The molecule has 0 aliphatic rings. The number of para-hydroxylation sites is 1. The second kappa shape index (κ2) is 13.7. The highest BCUT2D eigenvalue weighted by Gasteiger charge is 2.27. The molecule has 1 atom stereocenters. The van der Waals surface area contributed by atoms with Crippen molar-refractivity contribution in [3.05, 3.63) is 89.6 Å². The van der Waals surface area contributed by atoms with Crippen molar-refractivity contribution in [2.45, 2.75) is 44.2 Å². The molecule has 0 aliphatic heterocycles. The van der Waals surface area contributed by atoms with Crippen molar-refractivity contribution in [1.82, 2.24) is 19.9 Å². The molecule has 0 fully saturated rings. The quantitative estimate of drug-likeness (QED) is 0.155. The van der Waals surface area contributed by atoms with Crippen LogP contribution in [0.4, 0.5) is 5.69 Å². The lowest BCUT2D eigenvalue weighted by Gasteiger charge is -2.23. The Bertz CT molecular complexity index is 1560. The van der Waals surface area contributed by atoms with Crippen LogP contribution in [0.1, 0.15) is 42.1 Å². The Morgan fingerprint density at radius 3 is 2.46 bits per heavy atom. The van der Waals surface area contributed by atoms with Crippen LogP contribution < -0.4 is 16.4 Å². The van der Waals surface area contributed by atoms with Gasteiger partial charge in [0.1, 0.15) is 10.9 Å². The largest absolute Gasteiger partial charge is 0.398 e. The van der Waals surface area contributed by atoms with Gasteiger partial charge in [0, 0.05) is 24.0 Å². The van der Waals surface area contributed by atoms with Crippen molar-refractivity contribution < 1.29 is 18.0 Å². The number of nitrogens with zero attached hydrogens (tertiary/aromatic N) is 2. The van der Waals surface area contributed by atoms with Gasteiger partial charge in [-0.2, -0.15) is 4.31 Å². The van der Waals surface area contributed by atoms with Gasteiger partial charge in [-0.05, 0) is 60.5 Å². The fourth-order valence-electron chi connectivity index (χ4n) is 4.43. The topological polar surface area (TPSA) is 134 Å². The molecule has 4 rings (SSSR count). The highest BCUT2D eigenvalue weighted by molar-refractivity contribution is 7.89. The Morgan fingerprint density at radius 2 is 1.76 bits per heavy atom. The summed E-state index contributed by atoms with van der Waals surface area (Å²) in [7, 11) is -3.92. The molecular weight excluding hydrogens is 558 g/mol. The predicted molar refractivity (Wildman–Crippen MR) is 163 cm³/mol. The van der Waals surface area contributed by atoms with Crippen LogP contribution >= 0.6 is 11.3 Å². The number of rotatable bonds is 13. The van der Waals surface area contributed by atoms with Crippen LogP contribution in [-0.2, 0) is 21.4 Å². The van der Waals surface area contributed by atoms with Gasteiger partial charge >= 0.3 is 0 Å². The van der Waals surface area contributed by atoms with Crippen LogP contribution in [0, 0.1) is 5.92 Å². The lowest BCUT2D eigenvalue weighted by Crippen LogP contribution is -2.47. The average Bonchev–Trinajstić information content (AvgIpc) is 3.39. The highest BCUT2D eigenvalue weighted by Crippen LogP contribution is 2.26. The molecule has 11 heteroatoms. The standard InChI is InChI=1S/C30H35N5O4S2/c1-21(2)18-25(34-30(37)27-19-22-10-3-5-13-26(22)40-27)29(36)33-16-9-17-35(20-23-11-7-8-15-32-23)41(38,39)28-14-6-4-12-24(28)31/h3-8,10-15,19,21,25H,9,16-18,20,31H2,1-2H3,(H,33,36)(H,34,37)/t25-/m0/s1. The average molecular weight is 594 g/mol. The number of sulfonamides is 1. The Morgan fingerprint density at radius 1 is 1.02 bits per heavy atom. The number of hydrogen-bond acceptors (Lipinski definition) is 7. The van der Waals surface area contributed by atoms with E-state index < -0.39 is 16.1 Å². The van der Waals surface area contributed by atoms with Gasteiger partial charge in [-0.1, -0.05) is 50.2 Å². The molecule has 2 amide bonds. The molecular formula is C30H35N5O4S2. The summed E-state index contributed by atoms with van der Waals surface area (Å²) in [6, 6.07) is 20.5. The van der Waals surface area contributed by atoms with Crippen LogP contribution in [0.5, 0.6) is 0 Å². The smallest absolute Gasteiger partial charge is 0.262 e. The predicted octanol–water partition coefficient (Wildman–Crippen LogP) is 4.42. The number of anilines is 1. The molecule has 0 radical (unpaired) electrons. The van der Waals surface area contributed by atoms with Gasteiger partial charge in [0.05, 0.1) is 22.8 Å². The summed E-state index contributed by atoms with van der Waals surface area (Å²) in [6.07, 6.45) is 2.43. The molecule has 0 bridgehead atoms. The first-order chi connectivity index (χ1) is 19.6. The van der Waals surface area contributed by atoms with Gasteiger partial charge in [-0.15, -0.1) is 11.3 Å². The molecule has 216 valence electrons. The third-order valence-corrected chi connectivity index (χ3v) is 9.50. The van der Waals surface area contributed by atoms with E-state index in [2.05, 4.69) is 15.6 Å². The maximum absolute atomic E-state index is 13.5. The van der Waals surface area contributed by atoms with Crippen molar-refractivity contribution in [3.63, 3.8) is 0 Å². The number of nitrogens with two attached hydrogens (primary N) is 1. The van der Waals surface area contributed by atoms with Crippen LogP contribution in [0.2, 0.25) is 0 Å². The number of nitrogen functional groups attached to an aromatic ring is 1. The minimum Gasteiger partial charge on any atom is -0.398 e. The molecule has 4 N–H and O–H groups in total. The summed E-state index contributed by atoms with van der Waals surface area (Å²) in [5.74, 6) is -0.427. The maximum atomic E-state index is 13.5. The normalized spacial score (nSPS) is 12.5. The van der Waals surface area contributed by atoms with Gasteiger partial charge < -0.3 is 16.4 Å². The number of hydrogen-bond donors (Lipinski definition) is 3. The Labute approximate surface area is 244 Å². The molecule has 0 unspecified atom stereocenters. The van der Waals surface area contributed by atoms with Gasteiger partial charge in [0.25, 0.3) is 5.91 Å². The summed E-state index contributed by atoms with van der Waals surface area (Å²) in [4.78, 5) is 31.0.